The van der Waals surface area contributed by atoms with E-state index in [0.29, 0.717) is 10.5 Å². The van der Waals surface area contributed by atoms with Crippen molar-refractivity contribution in [2.24, 2.45) is 11.3 Å². The van der Waals surface area contributed by atoms with Crippen molar-refractivity contribution in [1.29, 1.82) is 0 Å². The maximum Gasteiger partial charge on any atom is 0.183 e. The van der Waals surface area contributed by atoms with Crippen LogP contribution in [0, 0.1) is 12.3 Å². The third-order valence-corrected chi connectivity index (χ3v) is 4.12. The predicted molar refractivity (Wildman–Crippen MR) is 75.1 cm³/mol. The number of nitrogens with one attached hydrogen (secondary N) is 1. The maximum absolute atomic E-state index is 5.31. The molecule has 0 amide bonds. The smallest absolute Gasteiger partial charge is 0.183 e. The Morgan fingerprint density at radius 1 is 1.44 bits per heavy atom. The maximum atomic E-state index is 5.31. The lowest BCUT2D eigenvalue weighted by Gasteiger charge is -2.61. The molecule has 2 aliphatic rings. The van der Waals surface area contributed by atoms with Crippen LogP contribution in [0.4, 0.5) is 5.82 Å². The van der Waals surface area contributed by atoms with Gasteiger partial charge in [0.05, 0.1) is 0 Å². The van der Waals surface area contributed by atoms with E-state index >= 15 is 0 Å². The van der Waals surface area contributed by atoms with Gasteiger partial charge < -0.3 is 15.2 Å². The Bertz CT molecular complexity index is 475. The standard InChI is InChI=1S/C12H17N5S/c1-9-2-3-14-10(4-9)16-5-12(6-16)7-17(8-12)11(18)15-13/h2-4H,5-8,13H2,1H3,(H,15,18). The molecule has 0 radical (unpaired) electrons. The van der Waals surface area contributed by atoms with Crippen LogP contribution in [0.1, 0.15) is 5.56 Å². The zero-order valence-electron chi connectivity index (χ0n) is 10.4. The van der Waals surface area contributed by atoms with Crippen molar-refractivity contribution in [3.63, 3.8) is 0 Å². The van der Waals surface area contributed by atoms with Crippen LogP contribution in [-0.2, 0) is 0 Å². The van der Waals surface area contributed by atoms with E-state index in [9.17, 15) is 0 Å². The Morgan fingerprint density at radius 3 is 2.78 bits per heavy atom. The van der Waals surface area contributed by atoms with E-state index in [4.69, 9.17) is 18.1 Å². The molecule has 96 valence electrons. The summed E-state index contributed by atoms with van der Waals surface area (Å²) >= 11 is 5.11. The molecule has 3 N–H and O–H groups in total. The minimum atomic E-state index is 0.395. The zero-order valence-corrected chi connectivity index (χ0v) is 11.2. The number of thiocarbonyl (C=S) groups is 1. The Labute approximate surface area is 112 Å². The lowest BCUT2D eigenvalue weighted by molar-refractivity contribution is 0.0283. The number of likely N-dealkylation sites (tertiary alicyclic amines) is 1. The monoisotopic (exact) mass is 263 g/mol. The van der Waals surface area contributed by atoms with Gasteiger partial charge in [-0.1, -0.05) is 0 Å². The number of anilines is 1. The molecule has 1 aromatic heterocycles. The number of aryl methyl sites for hydroxylation is 1. The van der Waals surface area contributed by atoms with Crippen LogP contribution in [-0.4, -0.2) is 41.2 Å². The minimum absolute atomic E-state index is 0.395. The molecular weight excluding hydrogens is 246 g/mol. The molecule has 2 saturated heterocycles. The van der Waals surface area contributed by atoms with Crippen LogP contribution in [0.2, 0.25) is 0 Å². The Balaban J connectivity index is 1.57. The molecule has 0 aromatic carbocycles. The summed E-state index contributed by atoms with van der Waals surface area (Å²) in [6.45, 7) is 6.22. The third kappa shape index (κ3) is 1.81. The molecule has 2 fully saturated rings. The van der Waals surface area contributed by atoms with Crippen LogP contribution >= 0.6 is 12.2 Å². The summed E-state index contributed by atoms with van der Waals surface area (Å²) in [5.74, 6) is 6.39. The average Bonchev–Trinajstić information content (AvgIpc) is 2.25. The molecule has 18 heavy (non-hydrogen) atoms. The van der Waals surface area contributed by atoms with Crippen molar-refractivity contribution in [2.75, 3.05) is 31.1 Å². The fourth-order valence-electron chi connectivity index (χ4n) is 2.82. The summed E-state index contributed by atoms with van der Waals surface area (Å²) in [5, 5.41) is 0.646. The van der Waals surface area contributed by atoms with E-state index < -0.39 is 0 Å². The summed E-state index contributed by atoms with van der Waals surface area (Å²) in [7, 11) is 0. The number of pyridine rings is 1. The molecule has 0 aliphatic carbocycles. The SMILES string of the molecule is Cc1ccnc(N2CC3(CN(C(=S)NN)C3)C2)c1. The second kappa shape index (κ2) is 4.07. The molecule has 0 saturated carbocycles. The van der Waals surface area contributed by atoms with Gasteiger partial charge in [0.15, 0.2) is 5.11 Å². The van der Waals surface area contributed by atoms with Gasteiger partial charge in [-0.3, -0.25) is 0 Å². The first-order chi connectivity index (χ1) is 8.62. The van der Waals surface area contributed by atoms with Gasteiger partial charge >= 0.3 is 0 Å². The van der Waals surface area contributed by atoms with E-state index in [1.807, 2.05) is 12.3 Å². The van der Waals surface area contributed by atoms with Gasteiger partial charge in [0.25, 0.3) is 0 Å². The summed E-state index contributed by atoms with van der Waals surface area (Å²) in [6, 6.07) is 4.16. The van der Waals surface area contributed by atoms with Crippen molar-refractivity contribution in [2.45, 2.75) is 6.92 Å². The summed E-state index contributed by atoms with van der Waals surface area (Å²) < 4.78 is 0. The lowest BCUT2D eigenvalue weighted by Crippen LogP contribution is -2.74. The highest BCUT2D eigenvalue weighted by atomic mass is 32.1. The first-order valence-electron chi connectivity index (χ1n) is 6.05. The van der Waals surface area contributed by atoms with E-state index in [2.05, 4.69) is 33.2 Å². The fourth-order valence-corrected chi connectivity index (χ4v) is 2.95. The van der Waals surface area contributed by atoms with Gasteiger partial charge in [-0.2, -0.15) is 0 Å². The lowest BCUT2D eigenvalue weighted by atomic mass is 9.73. The number of nitrogens with zero attached hydrogens (tertiary/aromatic N) is 3. The Hall–Kier alpha value is -1.40. The van der Waals surface area contributed by atoms with Crippen LogP contribution in [0.25, 0.3) is 0 Å². The van der Waals surface area contributed by atoms with Crippen LogP contribution in [0.15, 0.2) is 18.3 Å². The van der Waals surface area contributed by atoms with E-state index in [1.165, 1.54) is 5.56 Å². The number of rotatable bonds is 1. The summed E-state index contributed by atoms with van der Waals surface area (Å²) in [5.41, 5.74) is 4.18. The van der Waals surface area contributed by atoms with Crippen molar-refractivity contribution < 1.29 is 0 Å². The van der Waals surface area contributed by atoms with Crippen LogP contribution < -0.4 is 16.2 Å². The van der Waals surface area contributed by atoms with E-state index in [1.54, 1.807) is 0 Å². The molecule has 5 nitrogen and oxygen atoms in total. The highest BCUT2D eigenvalue weighted by Crippen LogP contribution is 2.41. The van der Waals surface area contributed by atoms with Gasteiger partial charge in [-0.15, -0.1) is 0 Å². The molecular formula is C12H17N5S. The van der Waals surface area contributed by atoms with Crippen LogP contribution in [0.3, 0.4) is 0 Å². The molecule has 3 heterocycles. The van der Waals surface area contributed by atoms with Crippen molar-refractivity contribution in [3.05, 3.63) is 23.9 Å². The average molecular weight is 263 g/mol. The Kier molecular flexibility index (Phi) is 2.64. The van der Waals surface area contributed by atoms with Gasteiger partial charge in [-0.25, -0.2) is 10.8 Å². The highest BCUT2D eigenvalue weighted by Gasteiger charge is 2.52. The first kappa shape index (κ1) is 11.7. The minimum Gasteiger partial charge on any atom is -0.355 e. The van der Waals surface area contributed by atoms with Crippen molar-refractivity contribution in [1.82, 2.24) is 15.3 Å². The molecule has 2 aliphatic heterocycles. The largest absolute Gasteiger partial charge is 0.355 e. The molecule has 1 spiro atoms. The van der Waals surface area contributed by atoms with E-state index in [0.717, 1.165) is 32.0 Å². The number of nitrogens with two attached hydrogens (primary N) is 1. The third-order valence-electron chi connectivity index (χ3n) is 3.74. The number of hydrogen-bond donors (Lipinski definition) is 2. The molecule has 0 bridgehead atoms. The quantitative estimate of drug-likeness (QED) is 0.431. The topological polar surface area (TPSA) is 57.4 Å². The predicted octanol–water partition coefficient (Wildman–Crippen LogP) is 0.260. The molecule has 0 unspecified atom stereocenters. The van der Waals surface area contributed by atoms with Crippen molar-refractivity contribution >= 4 is 23.1 Å². The van der Waals surface area contributed by atoms with Gasteiger partial charge in [0.2, 0.25) is 0 Å². The number of aromatic nitrogens is 1. The highest BCUT2D eigenvalue weighted by molar-refractivity contribution is 7.80. The van der Waals surface area contributed by atoms with Crippen LogP contribution in [0.5, 0.6) is 0 Å². The van der Waals surface area contributed by atoms with Crippen molar-refractivity contribution in [3.8, 4) is 0 Å². The summed E-state index contributed by atoms with van der Waals surface area (Å²) in [4.78, 5) is 8.84. The summed E-state index contributed by atoms with van der Waals surface area (Å²) in [6.07, 6.45) is 1.87. The number of hydrogen-bond acceptors (Lipinski definition) is 4. The number of hydrazine groups is 1. The van der Waals surface area contributed by atoms with Gasteiger partial charge in [-0.05, 0) is 36.8 Å². The first-order valence-corrected chi connectivity index (χ1v) is 6.46. The van der Waals surface area contributed by atoms with Gasteiger partial charge in [0.1, 0.15) is 5.82 Å². The molecule has 1 aromatic rings. The van der Waals surface area contributed by atoms with E-state index in [-0.39, 0.29) is 0 Å². The molecule has 0 atom stereocenters. The second-order valence-electron chi connectivity index (χ2n) is 5.35. The Morgan fingerprint density at radius 2 is 2.17 bits per heavy atom. The molecule has 6 heteroatoms. The fraction of sp³-hybridized carbons (Fsp3) is 0.500. The normalized spacial score (nSPS) is 20.3. The zero-order chi connectivity index (χ0) is 12.8. The molecule has 3 rings (SSSR count). The second-order valence-corrected chi connectivity index (χ2v) is 5.74. The van der Waals surface area contributed by atoms with Gasteiger partial charge in [0, 0.05) is 37.8 Å².